The van der Waals surface area contributed by atoms with E-state index in [0.717, 1.165) is 42.9 Å². The second kappa shape index (κ2) is 14.7. The first kappa shape index (κ1) is 32.2. The number of carbonyl (C=O) groups is 2. The van der Waals surface area contributed by atoms with E-state index < -0.39 is 17.6 Å². The van der Waals surface area contributed by atoms with Gasteiger partial charge in [-0.1, -0.05) is 30.3 Å². The number of hydrogen-bond donors (Lipinski definition) is 3. The van der Waals surface area contributed by atoms with Crippen LogP contribution in [0.2, 0.25) is 0 Å². The van der Waals surface area contributed by atoms with Crippen molar-refractivity contribution in [3.8, 4) is 17.0 Å². The van der Waals surface area contributed by atoms with Gasteiger partial charge in [0, 0.05) is 43.9 Å². The van der Waals surface area contributed by atoms with Crippen molar-refractivity contribution in [3.05, 3.63) is 104 Å². The second-order valence-electron chi connectivity index (χ2n) is 10.4. The molecule has 1 aliphatic heterocycles. The van der Waals surface area contributed by atoms with Gasteiger partial charge in [-0.15, -0.1) is 11.3 Å². The number of carboxylic acid groups (broad SMARTS) is 1. The van der Waals surface area contributed by atoms with Crippen LogP contribution in [0.5, 0.6) is 5.88 Å². The van der Waals surface area contributed by atoms with Crippen LogP contribution in [0.3, 0.4) is 0 Å². The van der Waals surface area contributed by atoms with Crippen molar-refractivity contribution in [1.82, 2.24) is 9.47 Å². The maximum atomic E-state index is 14.0. The van der Waals surface area contributed by atoms with Gasteiger partial charge < -0.3 is 20.3 Å². The molecule has 1 amide bonds. The minimum absolute atomic E-state index is 0.0143. The van der Waals surface area contributed by atoms with Crippen molar-refractivity contribution in [2.75, 3.05) is 38.2 Å². The van der Waals surface area contributed by atoms with Gasteiger partial charge >= 0.3 is 5.97 Å². The van der Waals surface area contributed by atoms with Gasteiger partial charge in [0.2, 0.25) is 11.8 Å². The molecule has 0 unspecified atom stereocenters. The molecule has 45 heavy (non-hydrogen) atoms. The molecule has 12 heteroatoms. The number of nitrogens with zero attached hydrogens (tertiary/aromatic N) is 2. The van der Waals surface area contributed by atoms with E-state index in [9.17, 15) is 23.5 Å². The average Bonchev–Trinajstić information content (AvgIpc) is 3.32. The third kappa shape index (κ3) is 8.08. The van der Waals surface area contributed by atoms with E-state index in [1.54, 1.807) is 0 Å². The van der Waals surface area contributed by atoms with Gasteiger partial charge in [-0.25, -0.2) is 13.6 Å². The summed E-state index contributed by atoms with van der Waals surface area (Å²) in [5, 5.41) is 23.2. The molecule has 3 N–H and O–H groups in total. The number of thiazole rings is 1. The highest BCUT2D eigenvalue weighted by molar-refractivity contribution is 7.73. The fourth-order valence-electron chi connectivity index (χ4n) is 5.00. The number of rotatable bonds is 11. The highest BCUT2D eigenvalue weighted by Crippen LogP contribution is 2.38. The number of aromatic nitrogens is 1. The molecule has 1 aromatic heterocycles. The van der Waals surface area contributed by atoms with Gasteiger partial charge in [0.05, 0.1) is 23.7 Å². The third-order valence-corrected chi connectivity index (χ3v) is 8.89. The van der Waals surface area contributed by atoms with E-state index in [-0.39, 0.29) is 30.3 Å². The quantitative estimate of drug-likeness (QED) is 0.153. The minimum Gasteiger partial charge on any atom is -0.493 e. The lowest BCUT2D eigenvalue weighted by Crippen LogP contribution is -2.36. The molecule has 2 heterocycles. The summed E-state index contributed by atoms with van der Waals surface area (Å²) in [6, 6.07) is 17.0. The molecular weight excluding hydrogens is 621 g/mol. The largest absolute Gasteiger partial charge is 0.493 e. The lowest BCUT2D eigenvalue weighted by Gasteiger charge is -2.26. The van der Waals surface area contributed by atoms with Crippen LogP contribution in [0.4, 0.5) is 14.5 Å². The average molecular weight is 652 g/mol. The van der Waals surface area contributed by atoms with E-state index >= 15 is 0 Å². The van der Waals surface area contributed by atoms with Crippen LogP contribution < -0.4 is 5.32 Å². The number of carbonyl (C=O) groups excluding carboxylic acids is 1. The van der Waals surface area contributed by atoms with Crippen LogP contribution in [0.1, 0.15) is 33.6 Å². The Hall–Kier alpha value is -4.23. The molecule has 0 atom stereocenters. The molecule has 0 bridgehead atoms. The number of carboxylic acids is 1. The van der Waals surface area contributed by atoms with Crippen molar-refractivity contribution < 1.29 is 33.3 Å². The SMILES string of the molecule is O=C(CCn1c(O)c(C(=CCCN2CCOCC2)c2cccc(-c3ccc(F)c(F)c3)c2)sc1=S)Nc1ccc(C(=O)O)cc1. The number of aromatic hydroxyl groups is 1. The first-order valence-electron chi connectivity index (χ1n) is 14.3. The number of amides is 1. The Morgan fingerprint density at radius 2 is 1.69 bits per heavy atom. The van der Waals surface area contributed by atoms with Crippen molar-refractivity contribution in [2.24, 2.45) is 0 Å². The number of anilines is 1. The molecule has 0 saturated carbocycles. The first-order valence-corrected chi connectivity index (χ1v) is 15.5. The van der Waals surface area contributed by atoms with Gasteiger partial charge in [-0.3, -0.25) is 14.3 Å². The normalized spacial score (nSPS) is 14.0. The maximum absolute atomic E-state index is 14.0. The van der Waals surface area contributed by atoms with Crippen LogP contribution in [0.25, 0.3) is 16.7 Å². The van der Waals surface area contributed by atoms with Crippen molar-refractivity contribution in [2.45, 2.75) is 19.4 Å². The van der Waals surface area contributed by atoms with Crippen LogP contribution in [-0.4, -0.2) is 64.4 Å². The Morgan fingerprint density at radius 1 is 0.956 bits per heavy atom. The maximum Gasteiger partial charge on any atom is 0.335 e. The number of halogens is 2. The van der Waals surface area contributed by atoms with E-state index in [2.05, 4.69) is 10.2 Å². The molecule has 1 saturated heterocycles. The number of nitrogens with one attached hydrogen (secondary N) is 1. The molecule has 4 aromatic rings. The lowest BCUT2D eigenvalue weighted by atomic mass is 9.97. The van der Waals surface area contributed by atoms with E-state index in [1.807, 2.05) is 30.3 Å². The Kier molecular flexibility index (Phi) is 10.5. The molecule has 0 radical (unpaired) electrons. The van der Waals surface area contributed by atoms with E-state index in [0.29, 0.717) is 45.3 Å². The smallest absolute Gasteiger partial charge is 0.335 e. The van der Waals surface area contributed by atoms with Crippen LogP contribution in [-0.2, 0) is 16.1 Å². The molecule has 3 aromatic carbocycles. The lowest BCUT2D eigenvalue weighted by molar-refractivity contribution is -0.116. The van der Waals surface area contributed by atoms with Gasteiger partial charge in [0.15, 0.2) is 15.6 Å². The summed E-state index contributed by atoms with van der Waals surface area (Å²) in [6.07, 6.45) is 2.73. The number of hydrogen-bond acceptors (Lipinski definition) is 7. The number of ether oxygens (including phenoxy) is 1. The molecule has 1 fully saturated rings. The highest BCUT2D eigenvalue weighted by atomic mass is 32.1. The summed E-state index contributed by atoms with van der Waals surface area (Å²) in [4.78, 5) is 26.6. The monoisotopic (exact) mass is 651 g/mol. The van der Waals surface area contributed by atoms with Crippen LogP contribution in [0.15, 0.2) is 72.8 Å². The zero-order valence-electron chi connectivity index (χ0n) is 24.2. The zero-order chi connectivity index (χ0) is 31.9. The van der Waals surface area contributed by atoms with E-state index in [1.165, 1.54) is 46.2 Å². The first-order chi connectivity index (χ1) is 21.7. The van der Waals surface area contributed by atoms with Gasteiger partial charge in [-0.2, -0.15) is 0 Å². The molecule has 8 nitrogen and oxygen atoms in total. The fraction of sp³-hybridized carbons (Fsp3) is 0.242. The Morgan fingerprint density at radius 3 is 2.40 bits per heavy atom. The molecule has 0 spiro atoms. The highest BCUT2D eigenvalue weighted by Gasteiger charge is 2.19. The third-order valence-electron chi connectivity index (χ3n) is 7.42. The van der Waals surface area contributed by atoms with Gasteiger partial charge in [-0.05, 0) is 77.8 Å². The standard InChI is InChI=1S/C33H31F2N3O5S2/c34-27-11-8-23(20-28(27)35)22-3-1-4-24(19-22)26(5-2-13-37-15-17-43-18-16-37)30-31(40)38(33(44)45-30)14-12-29(39)36-25-9-6-21(7-10-25)32(41)42/h1,3-11,19-20,40H,2,12-18H2,(H,36,39)(H,41,42). The summed E-state index contributed by atoms with van der Waals surface area (Å²) in [7, 11) is 0. The molecule has 234 valence electrons. The number of morpholine rings is 1. The molecular formula is C33H31F2N3O5S2. The molecule has 0 aliphatic carbocycles. The van der Waals surface area contributed by atoms with Crippen molar-refractivity contribution in [1.29, 1.82) is 0 Å². The Labute approximate surface area is 267 Å². The Balaban J connectivity index is 1.39. The summed E-state index contributed by atoms with van der Waals surface area (Å²) >= 11 is 6.83. The molecule has 1 aliphatic rings. The van der Waals surface area contributed by atoms with Crippen LogP contribution in [0, 0.1) is 15.6 Å². The van der Waals surface area contributed by atoms with Gasteiger partial charge in [0.1, 0.15) is 0 Å². The fourth-order valence-corrected chi connectivity index (χ4v) is 6.41. The minimum atomic E-state index is -1.06. The zero-order valence-corrected chi connectivity index (χ0v) is 25.8. The topological polar surface area (TPSA) is 104 Å². The predicted octanol–water partition coefficient (Wildman–Crippen LogP) is 6.81. The van der Waals surface area contributed by atoms with Crippen molar-refractivity contribution in [3.63, 3.8) is 0 Å². The second-order valence-corrected chi connectivity index (χ2v) is 12.1. The summed E-state index contributed by atoms with van der Waals surface area (Å²) < 4.78 is 35.0. The summed E-state index contributed by atoms with van der Waals surface area (Å²) in [5.41, 5.74) is 3.26. The number of aromatic carboxylic acids is 1. The summed E-state index contributed by atoms with van der Waals surface area (Å²) in [5.74, 6) is -3.31. The Bertz CT molecular complexity index is 1780. The van der Waals surface area contributed by atoms with Crippen molar-refractivity contribution >= 4 is 46.7 Å². The number of benzene rings is 3. The van der Waals surface area contributed by atoms with E-state index in [4.69, 9.17) is 22.1 Å². The summed E-state index contributed by atoms with van der Waals surface area (Å²) in [6.45, 7) is 3.94. The van der Waals surface area contributed by atoms with Gasteiger partial charge in [0.25, 0.3) is 0 Å². The predicted molar refractivity (Wildman–Crippen MR) is 172 cm³/mol. The molecule has 5 rings (SSSR count). The van der Waals surface area contributed by atoms with Crippen LogP contribution >= 0.6 is 23.6 Å².